The molecule has 0 aliphatic heterocycles. The Kier molecular flexibility index (Phi) is 4.37. The Morgan fingerprint density at radius 2 is 1.55 bits per heavy atom. The van der Waals surface area contributed by atoms with Gasteiger partial charge in [0, 0.05) is 25.4 Å². The van der Waals surface area contributed by atoms with Gasteiger partial charge in [0.25, 0.3) is 0 Å². The van der Waals surface area contributed by atoms with E-state index in [1.165, 1.54) is 21.8 Å². The average molecular weight is 417 g/mol. The van der Waals surface area contributed by atoms with Crippen molar-refractivity contribution in [3.8, 4) is 0 Å². The Bertz CT molecular complexity index is 870. The Morgan fingerprint density at radius 1 is 1.00 bits per heavy atom. The first kappa shape index (κ1) is 15.3. The summed E-state index contributed by atoms with van der Waals surface area (Å²) in [5, 5.41) is 2.45. The van der Waals surface area contributed by atoms with E-state index in [4.69, 9.17) is 0 Å². The predicted molar refractivity (Wildman–Crippen MR) is 104 cm³/mol. The van der Waals surface area contributed by atoms with Crippen LogP contribution >= 0.6 is 31.9 Å². The summed E-state index contributed by atoms with van der Waals surface area (Å²) >= 11 is 7.16. The van der Waals surface area contributed by atoms with Gasteiger partial charge < -0.3 is 4.57 Å². The van der Waals surface area contributed by atoms with Gasteiger partial charge in [0.2, 0.25) is 0 Å². The minimum absolute atomic E-state index is 1.08. The molecule has 1 nitrogen and oxygen atoms in total. The summed E-state index contributed by atoms with van der Waals surface area (Å²) in [6.45, 7) is 5.87. The maximum atomic E-state index is 3.84. The van der Waals surface area contributed by atoms with Gasteiger partial charge in [-0.1, -0.05) is 50.6 Å². The molecule has 3 heteroatoms. The molecule has 110 valence electrons. The van der Waals surface area contributed by atoms with Crippen molar-refractivity contribution >= 4 is 59.4 Å². The third-order valence-corrected chi connectivity index (χ3v) is 4.56. The summed E-state index contributed by atoms with van der Waals surface area (Å²) in [6.07, 6.45) is 8.00. The Morgan fingerprint density at radius 3 is 2.00 bits per heavy atom. The monoisotopic (exact) mass is 415 g/mol. The predicted octanol–water partition coefficient (Wildman–Crippen LogP) is 6.92. The molecular formula is C19H15Br2N. The van der Waals surface area contributed by atoms with Crippen molar-refractivity contribution in [2.75, 3.05) is 0 Å². The van der Waals surface area contributed by atoms with Gasteiger partial charge in [0.15, 0.2) is 0 Å². The molecule has 0 saturated carbocycles. The maximum Gasteiger partial charge on any atom is 0.0541 e. The number of fused-ring (bicyclic) bond motifs is 3. The van der Waals surface area contributed by atoms with Crippen LogP contribution in [0.15, 0.2) is 76.2 Å². The van der Waals surface area contributed by atoms with Gasteiger partial charge in [0.1, 0.15) is 0 Å². The molecular weight excluding hydrogens is 402 g/mol. The van der Waals surface area contributed by atoms with Crippen LogP contribution in [0.2, 0.25) is 0 Å². The highest BCUT2D eigenvalue weighted by atomic mass is 79.9. The highest BCUT2D eigenvalue weighted by molar-refractivity contribution is 9.10. The van der Waals surface area contributed by atoms with Crippen molar-refractivity contribution in [1.29, 1.82) is 0 Å². The first-order chi connectivity index (χ1) is 10.7. The molecule has 0 atom stereocenters. The maximum absolute atomic E-state index is 3.84. The van der Waals surface area contributed by atoms with Crippen molar-refractivity contribution in [2.45, 2.75) is 6.92 Å². The zero-order valence-corrected chi connectivity index (χ0v) is 15.4. The van der Waals surface area contributed by atoms with Gasteiger partial charge >= 0.3 is 0 Å². The van der Waals surface area contributed by atoms with Gasteiger partial charge in [-0.05, 0) is 55.5 Å². The zero-order valence-electron chi connectivity index (χ0n) is 12.2. The lowest BCUT2D eigenvalue weighted by atomic mass is 10.2. The first-order valence-corrected chi connectivity index (χ1v) is 8.59. The highest BCUT2D eigenvalue weighted by Crippen LogP contribution is 2.35. The van der Waals surface area contributed by atoms with Gasteiger partial charge in [0.05, 0.1) is 11.0 Å². The second kappa shape index (κ2) is 6.27. The SMILES string of the molecule is C=C/C=C(\C=C/C)n1c2ccc(Br)cc2c2cc(Br)ccc21. The van der Waals surface area contributed by atoms with Crippen LogP contribution in [0.1, 0.15) is 6.92 Å². The Hall–Kier alpha value is -1.58. The second-order valence-corrected chi connectivity index (χ2v) is 6.82. The third kappa shape index (κ3) is 2.59. The van der Waals surface area contributed by atoms with Crippen LogP contribution in [0.4, 0.5) is 0 Å². The number of halogens is 2. The van der Waals surface area contributed by atoms with Crippen LogP contribution in [0.5, 0.6) is 0 Å². The third-order valence-electron chi connectivity index (χ3n) is 3.57. The van der Waals surface area contributed by atoms with Crippen LogP contribution in [-0.2, 0) is 0 Å². The fraction of sp³-hybridized carbons (Fsp3) is 0.0526. The number of allylic oxidation sites excluding steroid dienone is 5. The molecule has 0 saturated heterocycles. The molecule has 0 radical (unpaired) electrons. The van der Waals surface area contributed by atoms with E-state index in [1.807, 2.05) is 25.2 Å². The van der Waals surface area contributed by atoms with Crippen LogP contribution in [-0.4, -0.2) is 4.57 Å². The lowest BCUT2D eigenvalue weighted by Crippen LogP contribution is -1.94. The number of benzene rings is 2. The van der Waals surface area contributed by atoms with Crippen molar-refractivity contribution in [1.82, 2.24) is 4.57 Å². The molecule has 0 bridgehead atoms. The number of aromatic nitrogens is 1. The van der Waals surface area contributed by atoms with Crippen molar-refractivity contribution < 1.29 is 0 Å². The molecule has 0 N–H and O–H groups in total. The van der Waals surface area contributed by atoms with Gasteiger partial charge in [-0.15, -0.1) is 0 Å². The zero-order chi connectivity index (χ0) is 15.7. The normalized spacial score (nSPS) is 12.6. The standard InChI is InChI=1S/C19H15Br2N/c1-3-5-15(6-4-2)22-18-9-7-13(20)11-16(18)17-12-14(21)8-10-19(17)22/h3-12H,1H2,2H3/b6-4-,15-5+. The minimum Gasteiger partial charge on any atom is -0.309 e. The quantitative estimate of drug-likeness (QED) is 0.408. The summed E-state index contributed by atoms with van der Waals surface area (Å²) in [7, 11) is 0. The van der Waals surface area contributed by atoms with Crippen molar-refractivity contribution in [3.63, 3.8) is 0 Å². The molecule has 2 aromatic carbocycles. The van der Waals surface area contributed by atoms with E-state index in [2.05, 4.69) is 85.5 Å². The summed E-state index contributed by atoms with van der Waals surface area (Å²) in [6, 6.07) is 12.8. The van der Waals surface area contributed by atoms with E-state index in [0.29, 0.717) is 0 Å². The van der Waals surface area contributed by atoms with Gasteiger partial charge in [-0.3, -0.25) is 0 Å². The second-order valence-electron chi connectivity index (χ2n) is 4.99. The van der Waals surface area contributed by atoms with Crippen LogP contribution in [0.3, 0.4) is 0 Å². The van der Waals surface area contributed by atoms with Crippen molar-refractivity contribution in [2.24, 2.45) is 0 Å². The lowest BCUT2D eigenvalue weighted by molar-refractivity contribution is 1.23. The Balaban J connectivity index is 2.50. The molecule has 0 spiro atoms. The van der Waals surface area contributed by atoms with Gasteiger partial charge in [-0.2, -0.15) is 0 Å². The molecule has 3 rings (SSSR count). The smallest absolute Gasteiger partial charge is 0.0541 e. The van der Waals surface area contributed by atoms with Crippen LogP contribution in [0.25, 0.3) is 27.5 Å². The van der Waals surface area contributed by atoms with Gasteiger partial charge in [-0.25, -0.2) is 0 Å². The fourth-order valence-electron chi connectivity index (χ4n) is 2.74. The van der Waals surface area contributed by atoms with Crippen LogP contribution in [0, 0.1) is 0 Å². The summed E-state index contributed by atoms with van der Waals surface area (Å²) < 4.78 is 4.43. The van der Waals surface area contributed by atoms with E-state index in [-0.39, 0.29) is 0 Å². The average Bonchev–Trinajstić information content (AvgIpc) is 2.80. The van der Waals surface area contributed by atoms with E-state index >= 15 is 0 Å². The number of hydrogen-bond donors (Lipinski definition) is 0. The molecule has 0 amide bonds. The first-order valence-electron chi connectivity index (χ1n) is 7.00. The Labute approximate surface area is 146 Å². The minimum atomic E-state index is 1.08. The molecule has 0 aliphatic rings. The number of hydrogen-bond acceptors (Lipinski definition) is 0. The van der Waals surface area contributed by atoms with E-state index in [9.17, 15) is 0 Å². The van der Waals surface area contributed by atoms with E-state index < -0.39 is 0 Å². The molecule has 22 heavy (non-hydrogen) atoms. The number of rotatable bonds is 3. The largest absolute Gasteiger partial charge is 0.309 e. The summed E-state index contributed by atoms with van der Waals surface area (Å²) in [4.78, 5) is 0. The molecule has 0 fully saturated rings. The number of nitrogens with zero attached hydrogens (tertiary/aromatic N) is 1. The highest BCUT2D eigenvalue weighted by Gasteiger charge is 2.12. The topological polar surface area (TPSA) is 4.93 Å². The van der Waals surface area contributed by atoms with Crippen molar-refractivity contribution in [3.05, 3.63) is 76.2 Å². The lowest BCUT2D eigenvalue weighted by Gasteiger charge is -2.08. The molecule has 1 aromatic heterocycles. The molecule has 0 aliphatic carbocycles. The summed E-state index contributed by atoms with van der Waals surface area (Å²) in [5.41, 5.74) is 3.46. The molecule has 1 heterocycles. The van der Waals surface area contributed by atoms with Crippen LogP contribution < -0.4 is 0 Å². The molecule has 0 unspecified atom stereocenters. The molecule has 3 aromatic rings. The summed E-state index contributed by atoms with van der Waals surface area (Å²) in [5.74, 6) is 0. The fourth-order valence-corrected chi connectivity index (χ4v) is 3.46. The van der Waals surface area contributed by atoms with E-state index in [1.54, 1.807) is 0 Å². The van der Waals surface area contributed by atoms with E-state index in [0.717, 1.165) is 14.6 Å².